The highest BCUT2D eigenvalue weighted by Crippen LogP contribution is 2.31. The summed E-state index contributed by atoms with van der Waals surface area (Å²) < 4.78 is 2.22. The number of nitrogens with zero attached hydrogens (tertiary/aromatic N) is 2. The van der Waals surface area contributed by atoms with E-state index in [1.807, 2.05) is 30.3 Å². The molecule has 0 saturated carbocycles. The Balaban J connectivity index is 1.43. The number of fused-ring (bicyclic) bond motifs is 4. The number of rotatable bonds is 4. The normalized spacial score (nSPS) is 13.7. The van der Waals surface area contributed by atoms with Crippen molar-refractivity contribution in [3.63, 3.8) is 0 Å². The van der Waals surface area contributed by atoms with Crippen LogP contribution in [0.5, 0.6) is 0 Å². The van der Waals surface area contributed by atoms with Crippen molar-refractivity contribution in [1.29, 1.82) is 0 Å². The molecule has 28 heavy (non-hydrogen) atoms. The first-order chi connectivity index (χ1) is 13.6. The van der Waals surface area contributed by atoms with Crippen molar-refractivity contribution in [2.24, 2.45) is 0 Å². The summed E-state index contributed by atoms with van der Waals surface area (Å²) in [5.41, 5.74) is 3.19. The van der Waals surface area contributed by atoms with Crippen LogP contribution in [-0.4, -0.2) is 27.8 Å². The molecule has 0 saturated heterocycles. The first-order valence-electron chi connectivity index (χ1n) is 9.27. The SMILES string of the molecule is O=C1c2ccccc2C(=O)N1CCCn1c2ccccc2c2ccc(Cl)cc21. The van der Waals surface area contributed by atoms with Gasteiger partial charge in [0, 0.05) is 34.4 Å². The Labute approximate surface area is 166 Å². The van der Waals surface area contributed by atoms with E-state index in [0.717, 1.165) is 16.4 Å². The number of carbonyl (C=O) groups is 2. The Morgan fingerprint density at radius 3 is 2.11 bits per heavy atom. The molecule has 1 aromatic heterocycles. The zero-order valence-corrected chi connectivity index (χ0v) is 15.8. The molecule has 0 N–H and O–H groups in total. The van der Waals surface area contributed by atoms with Crippen molar-refractivity contribution in [2.45, 2.75) is 13.0 Å². The molecular formula is C23H17ClN2O2. The van der Waals surface area contributed by atoms with Gasteiger partial charge in [-0.25, -0.2) is 0 Å². The van der Waals surface area contributed by atoms with Crippen LogP contribution < -0.4 is 0 Å². The number of benzene rings is 3. The summed E-state index contributed by atoms with van der Waals surface area (Å²) in [5.74, 6) is -0.406. The number of aromatic nitrogens is 1. The first kappa shape index (κ1) is 17.0. The Bertz CT molecular complexity index is 1220. The van der Waals surface area contributed by atoms with E-state index in [1.54, 1.807) is 24.3 Å². The summed E-state index contributed by atoms with van der Waals surface area (Å²) in [6, 6.07) is 21.2. The highest BCUT2D eigenvalue weighted by atomic mass is 35.5. The summed E-state index contributed by atoms with van der Waals surface area (Å²) in [6.45, 7) is 1.08. The van der Waals surface area contributed by atoms with E-state index in [0.29, 0.717) is 35.7 Å². The average Bonchev–Trinajstić information content (AvgIpc) is 3.15. The van der Waals surface area contributed by atoms with E-state index in [9.17, 15) is 9.59 Å². The van der Waals surface area contributed by atoms with Gasteiger partial charge in [0.15, 0.2) is 0 Å². The van der Waals surface area contributed by atoms with Gasteiger partial charge >= 0.3 is 0 Å². The van der Waals surface area contributed by atoms with Gasteiger partial charge in [-0.15, -0.1) is 0 Å². The molecule has 0 spiro atoms. The third-order valence-corrected chi connectivity index (χ3v) is 5.61. The summed E-state index contributed by atoms with van der Waals surface area (Å²) in [6.07, 6.45) is 0.672. The fraction of sp³-hybridized carbons (Fsp3) is 0.130. The second-order valence-electron chi connectivity index (χ2n) is 6.99. The molecular weight excluding hydrogens is 372 g/mol. The Kier molecular flexibility index (Phi) is 3.95. The topological polar surface area (TPSA) is 42.3 Å². The monoisotopic (exact) mass is 388 g/mol. The Morgan fingerprint density at radius 2 is 1.36 bits per heavy atom. The third kappa shape index (κ3) is 2.53. The van der Waals surface area contributed by atoms with E-state index in [-0.39, 0.29) is 11.8 Å². The lowest BCUT2D eigenvalue weighted by Gasteiger charge is -2.15. The molecule has 5 heteroatoms. The zero-order valence-electron chi connectivity index (χ0n) is 15.1. The molecule has 138 valence electrons. The van der Waals surface area contributed by atoms with Crippen LogP contribution >= 0.6 is 11.6 Å². The lowest BCUT2D eigenvalue weighted by Crippen LogP contribution is -2.31. The summed E-state index contributed by atoms with van der Waals surface area (Å²) in [4.78, 5) is 26.5. The van der Waals surface area contributed by atoms with Crippen LogP contribution in [0.15, 0.2) is 66.7 Å². The molecule has 0 bridgehead atoms. The maximum atomic E-state index is 12.5. The predicted octanol–water partition coefficient (Wildman–Crippen LogP) is 5.13. The van der Waals surface area contributed by atoms with Crippen LogP contribution in [0.1, 0.15) is 27.1 Å². The number of aryl methyl sites for hydroxylation is 1. The molecule has 1 aliphatic heterocycles. The number of amides is 2. The lowest BCUT2D eigenvalue weighted by atomic mass is 10.1. The summed E-state index contributed by atoms with van der Waals surface area (Å²) >= 11 is 6.23. The maximum absolute atomic E-state index is 12.5. The summed E-state index contributed by atoms with van der Waals surface area (Å²) in [5, 5.41) is 3.02. The fourth-order valence-electron chi connectivity index (χ4n) is 4.09. The minimum absolute atomic E-state index is 0.203. The fourth-order valence-corrected chi connectivity index (χ4v) is 4.26. The largest absolute Gasteiger partial charge is 0.340 e. The minimum Gasteiger partial charge on any atom is -0.340 e. The van der Waals surface area contributed by atoms with Crippen LogP contribution in [0.25, 0.3) is 21.8 Å². The van der Waals surface area contributed by atoms with Crippen molar-refractivity contribution >= 4 is 45.2 Å². The van der Waals surface area contributed by atoms with Crippen LogP contribution in [0.3, 0.4) is 0 Å². The van der Waals surface area contributed by atoms with Gasteiger partial charge in [0.1, 0.15) is 0 Å². The third-order valence-electron chi connectivity index (χ3n) is 5.38. The highest BCUT2D eigenvalue weighted by Gasteiger charge is 2.34. The highest BCUT2D eigenvalue weighted by molar-refractivity contribution is 6.31. The van der Waals surface area contributed by atoms with Crippen LogP contribution in [0.2, 0.25) is 5.02 Å². The van der Waals surface area contributed by atoms with Crippen molar-refractivity contribution in [3.05, 3.63) is 82.9 Å². The van der Waals surface area contributed by atoms with E-state index in [2.05, 4.69) is 16.7 Å². The van der Waals surface area contributed by atoms with Gasteiger partial charge in [0.2, 0.25) is 0 Å². The predicted molar refractivity (Wildman–Crippen MR) is 111 cm³/mol. The molecule has 4 nitrogen and oxygen atoms in total. The first-order valence-corrected chi connectivity index (χ1v) is 9.64. The maximum Gasteiger partial charge on any atom is 0.261 e. The minimum atomic E-state index is -0.203. The number of hydrogen-bond acceptors (Lipinski definition) is 2. The van der Waals surface area contributed by atoms with Crippen molar-refractivity contribution in [1.82, 2.24) is 9.47 Å². The van der Waals surface area contributed by atoms with E-state index in [4.69, 9.17) is 11.6 Å². The van der Waals surface area contributed by atoms with Crippen LogP contribution in [-0.2, 0) is 6.54 Å². The Hall–Kier alpha value is -3.11. The molecule has 2 amide bonds. The van der Waals surface area contributed by atoms with Gasteiger partial charge < -0.3 is 4.57 Å². The molecule has 2 heterocycles. The number of imide groups is 1. The molecule has 0 atom stereocenters. The quantitative estimate of drug-likeness (QED) is 0.454. The van der Waals surface area contributed by atoms with Crippen molar-refractivity contribution < 1.29 is 9.59 Å². The molecule has 0 unspecified atom stereocenters. The molecule has 4 aromatic rings. The van der Waals surface area contributed by atoms with Crippen LogP contribution in [0, 0.1) is 0 Å². The van der Waals surface area contributed by atoms with E-state index in [1.165, 1.54) is 10.3 Å². The van der Waals surface area contributed by atoms with Gasteiger partial charge in [-0.1, -0.05) is 48.0 Å². The van der Waals surface area contributed by atoms with E-state index < -0.39 is 0 Å². The van der Waals surface area contributed by atoms with Crippen molar-refractivity contribution in [3.8, 4) is 0 Å². The number of carbonyl (C=O) groups excluding carboxylic acids is 2. The lowest BCUT2D eigenvalue weighted by molar-refractivity contribution is 0.0651. The molecule has 0 radical (unpaired) electrons. The second kappa shape index (κ2) is 6.50. The van der Waals surface area contributed by atoms with Gasteiger partial charge in [0.25, 0.3) is 11.8 Å². The second-order valence-corrected chi connectivity index (χ2v) is 7.43. The molecule has 1 aliphatic rings. The number of hydrogen-bond donors (Lipinski definition) is 0. The molecule has 0 fully saturated rings. The van der Waals surface area contributed by atoms with Gasteiger partial charge in [-0.2, -0.15) is 0 Å². The number of para-hydroxylation sites is 1. The standard InChI is InChI=1S/C23H17ClN2O2/c24-15-10-11-17-16-6-3-4-9-20(16)25(21(17)14-15)12-5-13-26-22(27)18-7-1-2-8-19(18)23(26)28/h1-4,6-11,14H,5,12-13H2. The number of halogens is 1. The summed E-state index contributed by atoms with van der Waals surface area (Å²) in [7, 11) is 0. The molecule has 0 aliphatic carbocycles. The van der Waals surface area contributed by atoms with Crippen LogP contribution in [0.4, 0.5) is 0 Å². The zero-order chi connectivity index (χ0) is 19.3. The average molecular weight is 389 g/mol. The van der Waals surface area contributed by atoms with Gasteiger partial charge in [-0.3, -0.25) is 14.5 Å². The van der Waals surface area contributed by atoms with Crippen molar-refractivity contribution in [2.75, 3.05) is 6.54 Å². The smallest absolute Gasteiger partial charge is 0.261 e. The van der Waals surface area contributed by atoms with Gasteiger partial charge in [0.05, 0.1) is 16.6 Å². The molecule has 5 rings (SSSR count). The Morgan fingerprint density at radius 1 is 0.714 bits per heavy atom. The van der Waals surface area contributed by atoms with Gasteiger partial charge in [-0.05, 0) is 36.8 Å². The molecule has 3 aromatic carbocycles. The van der Waals surface area contributed by atoms with E-state index >= 15 is 0 Å².